The largest absolute Gasteiger partial charge is 0.456 e. The molecule has 6 aromatic rings. The molecule has 0 atom stereocenters. The molecule has 0 aliphatic rings. The average molecular weight is 429 g/mol. The molecular weight excluding hydrogens is 416 g/mol. The van der Waals surface area contributed by atoms with Crippen molar-refractivity contribution < 1.29 is 4.42 Å². The Morgan fingerprint density at radius 2 is 1.37 bits per heavy atom. The molecule has 0 unspecified atom stereocenters. The number of thiophene rings is 1. The predicted molar refractivity (Wildman–Crippen MR) is 120 cm³/mol. The SMILES string of the molecule is Brc1ccc2c(c1)oc1ccc(-c3ccc4sc5ccccc5c4c3)cc12. The zero-order chi connectivity index (χ0) is 18.0. The molecule has 0 radical (unpaired) electrons. The van der Waals surface area contributed by atoms with Gasteiger partial charge in [-0.25, -0.2) is 0 Å². The van der Waals surface area contributed by atoms with E-state index in [0.717, 1.165) is 26.4 Å². The topological polar surface area (TPSA) is 13.1 Å². The van der Waals surface area contributed by atoms with Crippen LogP contribution in [0, 0.1) is 0 Å². The van der Waals surface area contributed by atoms with E-state index in [1.165, 1.54) is 31.3 Å². The Morgan fingerprint density at radius 1 is 0.593 bits per heavy atom. The monoisotopic (exact) mass is 428 g/mol. The van der Waals surface area contributed by atoms with Gasteiger partial charge in [-0.15, -0.1) is 11.3 Å². The van der Waals surface area contributed by atoms with E-state index in [1.54, 1.807) is 0 Å². The minimum atomic E-state index is 0.913. The summed E-state index contributed by atoms with van der Waals surface area (Å²) >= 11 is 5.37. The van der Waals surface area contributed by atoms with Crippen LogP contribution in [-0.2, 0) is 0 Å². The van der Waals surface area contributed by atoms with Crippen LogP contribution >= 0.6 is 27.3 Å². The van der Waals surface area contributed by atoms with E-state index in [-0.39, 0.29) is 0 Å². The fourth-order valence-electron chi connectivity index (χ4n) is 3.84. The number of rotatable bonds is 1. The Labute approximate surface area is 168 Å². The molecule has 128 valence electrons. The van der Waals surface area contributed by atoms with Crippen molar-refractivity contribution in [2.75, 3.05) is 0 Å². The van der Waals surface area contributed by atoms with Gasteiger partial charge < -0.3 is 4.42 Å². The van der Waals surface area contributed by atoms with Crippen LogP contribution in [0.15, 0.2) is 87.8 Å². The maximum atomic E-state index is 6.01. The highest BCUT2D eigenvalue weighted by Crippen LogP contribution is 2.38. The summed E-state index contributed by atoms with van der Waals surface area (Å²) in [5.74, 6) is 0. The van der Waals surface area contributed by atoms with Crippen molar-refractivity contribution >= 4 is 69.4 Å². The maximum Gasteiger partial charge on any atom is 0.136 e. The van der Waals surface area contributed by atoms with Gasteiger partial charge in [-0.2, -0.15) is 0 Å². The normalized spacial score (nSPS) is 11.9. The van der Waals surface area contributed by atoms with E-state index in [0.29, 0.717) is 0 Å². The van der Waals surface area contributed by atoms with Crippen molar-refractivity contribution in [3.63, 3.8) is 0 Å². The molecule has 0 bridgehead atoms. The molecule has 2 aromatic heterocycles. The third-order valence-corrected chi connectivity index (χ3v) is 6.79. The standard InChI is InChI=1S/C24H13BrOS/c25-16-7-8-17-19-11-14(5-9-21(19)26-22(17)13-16)15-6-10-24-20(12-15)18-3-1-2-4-23(18)27-24/h1-13H. The lowest BCUT2D eigenvalue weighted by molar-refractivity contribution is 0.668. The first-order valence-corrected chi connectivity index (χ1v) is 10.4. The van der Waals surface area contributed by atoms with Gasteiger partial charge in [-0.3, -0.25) is 0 Å². The Bertz CT molecular complexity index is 1490. The molecule has 4 aromatic carbocycles. The first-order chi connectivity index (χ1) is 13.3. The Kier molecular flexibility index (Phi) is 3.25. The summed E-state index contributed by atoms with van der Waals surface area (Å²) in [5.41, 5.74) is 4.29. The zero-order valence-electron chi connectivity index (χ0n) is 14.2. The number of fused-ring (bicyclic) bond motifs is 6. The van der Waals surface area contributed by atoms with Crippen molar-refractivity contribution in [1.29, 1.82) is 0 Å². The average Bonchev–Trinajstić information content (AvgIpc) is 3.24. The molecule has 0 N–H and O–H groups in total. The highest BCUT2D eigenvalue weighted by Gasteiger charge is 2.10. The maximum absolute atomic E-state index is 6.01. The molecule has 0 spiro atoms. The molecule has 3 heteroatoms. The smallest absolute Gasteiger partial charge is 0.136 e. The lowest BCUT2D eigenvalue weighted by Crippen LogP contribution is -1.78. The Balaban J connectivity index is 1.60. The van der Waals surface area contributed by atoms with Gasteiger partial charge in [0.25, 0.3) is 0 Å². The molecule has 2 heterocycles. The molecule has 6 rings (SSSR count). The van der Waals surface area contributed by atoms with Gasteiger partial charge >= 0.3 is 0 Å². The number of halogens is 1. The summed E-state index contributed by atoms with van der Waals surface area (Å²) < 4.78 is 9.72. The first kappa shape index (κ1) is 15.4. The van der Waals surface area contributed by atoms with Crippen LogP contribution in [0.25, 0.3) is 53.2 Å². The number of hydrogen-bond acceptors (Lipinski definition) is 2. The second-order valence-corrected chi connectivity index (χ2v) is 8.76. The molecule has 0 fully saturated rings. The minimum absolute atomic E-state index is 0.913. The summed E-state index contributed by atoms with van der Waals surface area (Å²) in [6.07, 6.45) is 0. The van der Waals surface area contributed by atoms with E-state index in [4.69, 9.17) is 4.42 Å². The number of hydrogen-bond donors (Lipinski definition) is 0. The van der Waals surface area contributed by atoms with Crippen LogP contribution in [-0.4, -0.2) is 0 Å². The first-order valence-electron chi connectivity index (χ1n) is 8.80. The van der Waals surface area contributed by atoms with Gasteiger partial charge in [-0.05, 0) is 59.7 Å². The molecule has 0 amide bonds. The van der Waals surface area contributed by atoms with Crippen molar-refractivity contribution in [2.24, 2.45) is 0 Å². The van der Waals surface area contributed by atoms with Crippen molar-refractivity contribution in [2.45, 2.75) is 0 Å². The highest BCUT2D eigenvalue weighted by atomic mass is 79.9. The fourth-order valence-corrected chi connectivity index (χ4v) is 5.26. The zero-order valence-corrected chi connectivity index (χ0v) is 16.6. The Hall–Kier alpha value is -2.62. The molecule has 27 heavy (non-hydrogen) atoms. The quantitative estimate of drug-likeness (QED) is 0.256. The van der Waals surface area contributed by atoms with E-state index >= 15 is 0 Å². The Morgan fingerprint density at radius 3 is 2.30 bits per heavy atom. The number of furan rings is 1. The van der Waals surface area contributed by atoms with Crippen LogP contribution in [0.2, 0.25) is 0 Å². The highest BCUT2D eigenvalue weighted by molar-refractivity contribution is 9.10. The van der Waals surface area contributed by atoms with Gasteiger partial charge in [0.2, 0.25) is 0 Å². The predicted octanol–water partition coefficient (Wildman–Crippen LogP) is 8.38. The molecule has 0 saturated carbocycles. The van der Waals surface area contributed by atoms with E-state index < -0.39 is 0 Å². The van der Waals surface area contributed by atoms with Crippen molar-refractivity contribution in [3.8, 4) is 11.1 Å². The van der Waals surface area contributed by atoms with E-state index in [2.05, 4.69) is 88.7 Å². The molecular formula is C24H13BrOS. The summed E-state index contributed by atoms with van der Waals surface area (Å²) in [6.45, 7) is 0. The third-order valence-electron chi connectivity index (χ3n) is 5.14. The van der Waals surface area contributed by atoms with Crippen LogP contribution < -0.4 is 0 Å². The van der Waals surface area contributed by atoms with Gasteiger partial charge in [0.05, 0.1) is 0 Å². The molecule has 1 nitrogen and oxygen atoms in total. The second kappa shape index (κ2) is 5.69. The van der Waals surface area contributed by atoms with E-state index in [9.17, 15) is 0 Å². The minimum Gasteiger partial charge on any atom is -0.456 e. The molecule has 0 aliphatic heterocycles. The second-order valence-electron chi connectivity index (χ2n) is 6.76. The van der Waals surface area contributed by atoms with Crippen LogP contribution in [0.1, 0.15) is 0 Å². The lowest BCUT2D eigenvalue weighted by Gasteiger charge is -2.03. The summed E-state index contributed by atoms with van der Waals surface area (Å²) in [6, 6.07) is 28.1. The van der Waals surface area contributed by atoms with Gasteiger partial charge in [0.1, 0.15) is 11.2 Å². The van der Waals surface area contributed by atoms with Crippen LogP contribution in [0.5, 0.6) is 0 Å². The van der Waals surface area contributed by atoms with E-state index in [1.807, 2.05) is 17.4 Å². The molecule has 0 aliphatic carbocycles. The van der Waals surface area contributed by atoms with Crippen LogP contribution in [0.3, 0.4) is 0 Å². The lowest BCUT2D eigenvalue weighted by atomic mass is 10.0. The summed E-state index contributed by atoms with van der Waals surface area (Å²) in [5, 5.41) is 4.97. The van der Waals surface area contributed by atoms with Crippen LogP contribution in [0.4, 0.5) is 0 Å². The van der Waals surface area contributed by atoms with Gasteiger partial charge in [0, 0.05) is 35.4 Å². The fraction of sp³-hybridized carbons (Fsp3) is 0. The summed E-state index contributed by atoms with van der Waals surface area (Å²) in [4.78, 5) is 0. The number of benzene rings is 4. The van der Waals surface area contributed by atoms with Crippen molar-refractivity contribution in [3.05, 3.63) is 83.3 Å². The molecule has 0 saturated heterocycles. The summed E-state index contributed by atoms with van der Waals surface area (Å²) in [7, 11) is 0. The van der Waals surface area contributed by atoms with Gasteiger partial charge in [-0.1, -0.05) is 46.3 Å². The third kappa shape index (κ3) is 2.35. The van der Waals surface area contributed by atoms with Gasteiger partial charge in [0.15, 0.2) is 0 Å². The van der Waals surface area contributed by atoms with Crippen molar-refractivity contribution in [1.82, 2.24) is 0 Å².